The van der Waals surface area contributed by atoms with Crippen LogP contribution < -0.4 is 0 Å². The Kier molecular flexibility index (Phi) is 13.1. The van der Waals surface area contributed by atoms with E-state index in [2.05, 4.69) is 11.7 Å². The first-order valence-corrected chi connectivity index (χ1v) is 9.80. The molecule has 0 unspecified atom stereocenters. The van der Waals surface area contributed by atoms with Crippen LogP contribution in [0.4, 0.5) is 0 Å². The number of carbonyl (C=O) groups excluding carboxylic acids is 1. The topological polar surface area (TPSA) is 54.0 Å². The van der Waals surface area contributed by atoms with E-state index in [0.29, 0.717) is 6.42 Å². The Morgan fingerprint density at radius 2 is 1.29 bits per heavy atom. The third-order valence-electron chi connectivity index (χ3n) is 4.42. The van der Waals surface area contributed by atoms with Crippen molar-refractivity contribution < 1.29 is 24.0 Å². The van der Waals surface area contributed by atoms with Crippen molar-refractivity contribution in [3.05, 3.63) is 0 Å². The van der Waals surface area contributed by atoms with E-state index in [0.717, 1.165) is 51.4 Å². The molecule has 0 amide bonds. The standard InChI is InChI=1S/C19H36O5/c1-3-4-5-6-9-12-15-18-22-19(24-23-18)16-13-10-7-8-11-14-17(20)21-2/h18-19H,3-16H2,1-2H3/t18-,19+/m1/s1. The van der Waals surface area contributed by atoms with Gasteiger partial charge in [0.15, 0.2) is 12.6 Å². The Bertz CT molecular complexity index is 308. The van der Waals surface area contributed by atoms with Crippen LogP contribution in [0.2, 0.25) is 0 Å². The molecule has 0 aromatic rings. The van der Waals surface area contributed by atoms with E-state index in [1.165, 1.54) is 39.2 Å². The van der Waals surface area contributed by atoms with Crippen molar-refractivity contribution in [2.45, 2.75) is 109 Å². The molecule has 1 aliphatic rings. The molecule has 1 fully saturated rings. The molecule has 1 heterocycles. The molecular weight excluding hydrogens is 308 g/mol. The minimum absolute atomic E-state index is 0.115. The second-order valence-corrected chi connectivity index (χ2v) is 6.63. The summed E-state index contributed by atoms with van der Waals surface area (Å²) in [4.78, 5) is 21.5. The van der Waals surface area contributed by atoms with Crippen LogP contribution in [0, 0.1) is 0 Å². The lowest BCUT2D eigenvalue weighted by Crippen LogP contribution is -2.11. The van der Waals surface area contributed by atoms with Crippen LogP contribution >= 0.6 is 0 Å². The highest BCUT2D eigenvalue weighted by Crippen LogP contribution is 2.23. The monoisotopic (exact) mass is 344 g/mol. The molecule has 0 aliphatic carbocycles. The van der Waals surface area contributed by atoms with Crippen molar-refractivity contribution >= 4 is 5.97 Å². The molecule has 1 rings (SSSR count). The Balaban J connectivity index is 1.87. The fourth-order valence-corrected chi connectivity index (χ4v) is 2.87. The first-order chi connectivity index (χ1) is 11.8. The lowest BCUT2D eigenvalue weighted by atomic mass is 10.1. The van der Waals surface area contributed by atoms with Crippen molar-refractivity contribution in [3.8, 4) is 0 Å². The minimum atomic E-state index is -0.204. The third kappa shape index (κ3) is 11.0. The van der Waals surface area contributed by atoms with Crippen LogP contribution in [0.25, 0.3) is 0 Å². The Hall–Kier alpha value is -0.650. The highest BCUT2D eigenvalue weighted by Gasteiger charge is 2.26. The first kappa shape index (κ1) is 21.4. The summed E-state index contributed by atoms with van der Waals surface area (Å²) >= 11 is 0. The van der Waals surface area contributed by atoms with Crippen LogP contribution in [0.1, 0.15) is 96.8 Å². The SMILES string of the molecule is CCCCCCCC[C@H]1OO[C@@H](CCCCCCCC(=O)OC)O1. The van der Waals surface area contributed by atoms with E-state index in [1.807, 2.05) is 0 Å². The van der Waals surface area contributed by atoms with Gasteiger partial charge in [-0.1, -0.05) is 58.3 Å². The third-order valence-corrected chi connectivity index (χ3v) is 4.42. The van der Waals surface area contributed by atoms with Crippen LogP contribution in [0.3, 0.4) is 0 Å². The van der Waals surface area contributed by atoms with Crippen molar-refractivity contribution in [2.75, 3.05) is 7.11 Å². The van der Waals surface area contributed by atoms with Gasteiger partial charge in [-0.2, -0.15) is 0 Å². The molecule has 1 aliphatic heterocycles. The zero-order chi connectivity index (χ0) is 17.5. The molecule has 0 N–H and O–H groups in total. The van der Waals surface area contributed by atoms with E-state index in [1.54, 1.807) is 0 Å². The molecule has 1 saturated heterocycles. The molecule has 0 bridgehead atoms. The van der Waals surface area contributed by atoms with Crippen molar-refractivity contribution in [3.63, 3.8) is 0 Å². The zero-order valence-corrected chi connectivity index (χ0v) is 15.6. The number of hydrogen-bond donors (Lipinski definition) is 0. The number of carbonyl (C=O) groups is 1. The van der Waals surface area contributed by atoms with Crippen LogP contribution in [0.15, 0.2) is 0 Å². The van der Waals surface area contributed by atoms with E-state index in [9.17, 15) is 4.79 Å². The Morgan fingerprint density at radius 3 is 1.83 bits per heavy atom. The second-order valence-electron chi connectivity index (χ2n) is 6.63. The van der Waals surface area contributed by atoms with E-state index in [4.69, 9.17) is 14.5 Å². The largest absolute Gasteiger partial charge is 0.469 e. The Labute approximate surface area is 147 Å². The summed E-state index contributed by atoms with van der Waals surface area (Å²) in [6.45, 7) is 2.24. The van der Waals surface area contributed by atoms with Crippen LogP contribution in [-0.2, 0) is 24.0 Å². The fourth-order valence-electron chi connectivity index (χ4n) is 2.87. The highest BCUT2D eigenvalue weighted by atomic mass is 17.3. The fraction of sp³-hybridized carbons (Fsp3) is 0.947. The number of rotatable bonds is 15. The van der Waals surface area contributed by atoms with Gasteiger partial charge in [0.05, 0.1) is 7.11 Å². The lowest BCUT2D eigenvalue weighted by molar-refractivity contribution is -0.298. The molecule has 5 heteroatoms. The summed E-state index contributed by atoms with van der Waals surface area (Å²) in [5.74, 6) is -0.115. The normalized spacial score (nSPS) is 20.4. The summed E-state index contributed by atoms with van der Waals surface area (Å²) < 4.78 is 10.4. The number of ether oxygens (including phenoxy) is 2. The molecule has 0 saturated carbocycles. The predicted octanol–water partition coefficient (Wildman–Crippen LogP) is 5.27. The lowest BCUT2D eigenvalue weighted by Gasteiger charge is -2.08. The average molecular weight is 344 g/mol. The molecule has 142 valence electrons. The minimum Gasteiger partial charge on any atom is -0.469 e. The summed E-state index contributed by atoms with van der Waals surface area (Å²) in [5, 5.41) is 0. The van der Waals surface area contributed by atoms with Crippen LogP contribution in [-0.4, -0.2) is 25.7 Å². The van der Waals surface area contributed by atoms with Crippen molar-refractivity contribution in [2.24, 2.45) is 0 Å². The van der Waals surface area contributed by atoms with Gasteiger partial charge in [0.1, 0.15) is 0 Å². The summed E-state index contributed by atoms with van der Waals surface area (Å²) in [6, 6.07) is 0. The van der Waals surface area contributed by atoms with Crippen molar-refractivity contribution in [1.82, 2.24) is 0 Å². The number of hydrogen-bond acceptors (Lipinski definition) is 5. The molecule has 2 atom stereocenters. The molecule has 24 heavy (non-hydrogen) atoms. The average Bonchev–Trinajstić information content (AvgIpc) is 3.04. The van der Waals surface area contributed by atoms with Crippen LogP contribution in [0.5, 0.6) is 0 Å². The number of esters is 1. The highest BCUT2D eigenvalue weighted by molar-refractivity contribution is 5.68. The summed E-state index contributed by atoms with van der Waals surface area (Å²) in [6.07, 6.45) is 14.9. The van der Waals surface area contributed by atoms with Gasteiger partial charge >= 0.3 is 5.97 Å². The van der Waals surface area contributed by atoms with E-state index >= 15 is 0 Å². The van der Waals surface area contributed by atoms with Gasteiger partial charge < -0.3 is 9.47 Å². The van der Waals surface area contributed by atoms with Gasteiger partial charge in [-0.3, -0.25) is 4.79 Å². The van der Waals surface area contributed by atoms with Gasteiger partial charge in [0.25, 0.3) is 0 Å². The van der Waals surface area contributed by atoms with Gasteiger partial charge in [-0.05, 0) is 19.3 Å². The maximum absolute atomic E-state index is 11.0. The van der Waals surface area contributed by atoms with Gasteiger partial charge in [-0.25, -0.2) is 9.78 Å². The molecule has 0 radical (unpaired) electrons. The second kappa shape index (κ2) is 14.7. The summed E-state index contributed by atoms with van der Waals surface area (Å²) in [7, 11) is 1.44. The van der Waals surface area contributed by atoms with Gasteiger partial charge in [0, 0.05) is 19.3 Å². The zero-order valence-electron chi connectivity index (χ0n) is 15.6. The Morgan fingerprint density at radius 1 is 0.792 bits per heavy atom. The number of unbranched alkanes of at least 4 members (excludes halogenated alkanes) is 9. The number of methoxy groups -OCH3 is 1. The van der Waals surface area contributed by atoms with Crippen molar-refractivity contribution in [1.29, 1.82) is 0 Å². The molecule has 0 aromatic heterocycles. The molecular formula is C19H36O5. The van der Waals surface area contributed by atoms with E-state index < -0.39 is 0 Å². The predicted molar refractivity (Wildman–Crippen MR) is 93.2 cm³/mol. The van der Waals surface area contributed by atoms with E-state index in [-0.39, 0.29) is 18.5 Å². The first-order valence-electron chi connectivity index (χ1n) is 9.80. The maximum Gasteiger partial charge on any atom is 0.305 e. The smallest absolute Gasteiger partial charge is 0.305 e. The van der Waals surface area contributed by atoms with Gasteiger partial charge in [0.2, 0.25) is 0 Å². The molecule has 0 spiro atoms. The molecule has 5 nitrogen and oxygen atoms in total. The maximum atomic E-state index is 11.0. The van der Waals surface area contributed by atoms with Gasteiger partial charge in [-0.15, -0.1) is 0 Å². The molecule has 0 aromatic carbocycles. The quantitative estimate of drug-likeness (QED) is 0.230. The summed E-state index contributed by atoms with van der Waals surface area (Å²) in [5.41, 5.74) is 0.